The van der Waals surface area contributed by atoms with E-state index in [2.05, 4.69) is 46.8 Å². The van der Waals surface area contributed by atoms with Gasteiger partial charge in [0.25, 0.3) is 0 Å². The molecule has 2 heteroatoms. The fourth-order valence-electron chi connectivity index (χ4n) is 4.03. The SMILES string of the molecule is COc1cc(C)c(C(C)(C)C2CCC(C)CC2Cl)cc1C. The molecule has 0 spiro atoms. The van der Waals surface area contributed by atoms with Crippen molar-refractivity contribution in [2.75, 3.05) is 7.11 Å². The van der Waals surface area contributed by atoms with Crippen molar-refractivity contribution in [3.8, 4) is 5.75 Å². The van der Waals surface area contributed by atoms with Crippen LogP contribution < -0.4 is 4.74 Å². The topological polar surface area (TPSA) is 9.23 Å². The van der Waals surface area contributed by atoms with E-state index in [0.29, 0.717) is 5.92 Å². The Morgan fingerprint density at radius 2 is 1.81 bits per heavy atom. The van der Waals surface area contributed by atoms with E-state index < -0.39 is 0 Å². The molecule has 1 aromatic carbocycles. The molecule has 1 aromatic rings. The molecule has 1 nitrogen and oxygen atoms in total. The molecule has 0 bridgehead atoms. The van der Waals surface area contributed by atoms with Gasteiger partial charge < -0.3 is 4.74 Å². The molecule has 1 saturated carbocycles. The van der Waals surface area contributed by atoms with E-state index in [0.717, 1.165) is 18.1 Å². The van der Waals surface area contributed by atoms with E-state index in [1.54, 1.807) is 7.11 Å². The molecular weight excluding hydrogens is 280 g/mol. The van der Waals surface area contributed by atoms with Crippen LogP contribution in [0.2, 0.25) is 0 Å². The summed E-state index contributed by atoms with van der Waals surface area (Å²) in [5, 5.41) is 0.283. The molecule has 0 heterocycles. The number of hydrogen-bond donors (Lipinski definition) is 0. The van der Waals surface area contributed by atoms with E-state index in [9.17, 15) is 0 Å². The maximum atomic E-state index is 6.74. The molecule has 118 valence electrons. The highest BCUT2D eigenvalue weighted by molar-refractivity contribution is 6.20. The van der Waals surface area contributed by atoms with Gasteiger partial charge in [-0.15, -0.1) is 11.6 Å². The van der Waals surface area contributed by atoms with Crippen LogP contribution in [0, 0.1) is 25.7 Å². The predicted octanol–water partition coefficient (Wildman–Crippen LogP) is 5.63. The molecule has 0 radical (unpaired) electrons. The molecular formula is C19H29ClO. The molecule has 0 aromatic heterocycles. The van der Waals surface area contributed by atoms with Crippen molar-refractivity contribution in [3.05, 3.63) is 28.8 Å². The second kappa shape index (κ2) is 6.20. The Balaban J connectivity index is 2.37. The smallest absolute Gasteiger partial charge is 0.122 e. The van der Waals surface area contributed by atoms with Gasteiger partial charge in [0, 0.05) is 5.38 Å². The Morgan fingerprint density at radius 1 is 1.14 bits per heavy atom. The van der Waals surface area contributed by atoms with Gasteiger partial charge in [-0.3, -0.25) is 0 Å². The highest BCUT2D eigenvalue weighted by atomic mass is 35.5. The van der Waals surface area contributed by atoms with E-state index in [4.69, 9.17) is 16.3 Å². The van der Waals surface area contributed by atoms with Gasteiger partial charge in [-0.05, 0) is 66.7 Å². The number of hydrogen-bond acceptors (Lipinski definition) is 1. The highest BCUT2D eigenvalue weighted by Crippen LogP contribution is 2.46. The molecule has 1 fully saturated rings. The Bertz CT molecular complexity index is 507. The Kier molecular flexibility index (Phi) is 4.92. The second-order valence-electron chi connectivity index (χ2n) is 7.40. The zero-order chi connectivity index (χ0) is 15.8. The molecule has 1 aliphatic carbocycles. The van der Waals surface area contributed by atoms with Crippen LogP contribution in [0.3, 0.4) is 0 Å². The molecule has 2 rings (SSSR count). The van der Waals surface area contributed by atoms with Crippen LogP contribution >= 0.6 is 11.6 Å². The van der Waals surface area contributed by atoms with Crippen molar-refractivity contribution in [3.63, 3.8) is 0 Å². The van der Waals surface area contributed by atoms with Crippen LogP contribution in [-0.2, 0) is 5.41 Å². The minimum Gasteiger partial charge on any atom is -0.496 e. The Hall–Kier alpha value is -0.690. The van der Waals surface area contributed by atoms with Crippen molar-refractivity contribution < 1.29 is 4.74 Å². The number of methoxy groups -OCH3 is 1. The lowest BCUT2D eigenvalue weighted by atomic mass is 9.64. The number of benzene rings is 1. The van der Waals surface area contributed by atoms with E-state index in [-0.39, 0.29) is 10.8 Å². The average Bonchev–Trinajstić information content (AvgIpc) is 2.40. The first-order chi connectivity index (χ1) is 9.77. The lowest BCUT2D eigenvalue weighted by Crippen LogP contribution is -2.39. The standard InChI is InChI=1S/C19H29ClO/c1-12-7-8-15(17(20)9-12)19(4,5)16-10-14(3)18(21-6)11-13(16)2/h10-12,15,17H,7-9H2,1-6H3. The first-order valence-corrected chi connectivity index (χ1v) is 8.50. The van der Waals surface area contributed by atoms with Crippen molar-refractivity contribution in [2.45, 2.75) is 64.7 Å². The summed E-state index contributed by atoms with van der Waals surface area (Å²) in [4.78, 5) is 0. The maximum Gasteiger partial charge on any atom is 0.122 e. The molecule has 21 heavy (non-hydrogen) atoms. The van der Waals surface area contributed by atoms with Crippen molar-refractivity contribution in [2.24, 2.45) is 11.8 Å². The molecule has 3 atom stereocenters. The van der Waals surface area contributed by atoms with Gasteiger partial charge in [-0.25, -0.2) is 0 Å². The molecule has 3 unspecified atom stereocenters. The van der Waals surface area contributed by atoms with Crippen molar-refractivity contribution in [1.82, 2.24) is 0 Å². The second-order valence-corrected chi connectivity index (χ2v) is 7.96. The molecule has 1 aliphatic rings. The summed E-state index contributed by atoms with van der Waals surface area (Å²) >= 11 is 6.74. The Morgan fingerprint density at radius 3 is 2.38 bits per heavy atom. The summed E-state index contributed by atoms with van der Waals surface area (Å²) in [7, 11) is 1.74. The van der Waals surface area contributed by atoms with Gasteiger partial charge in [0.2, 0.25) is 0 Å². The lowest BCUT2D eigenvalue weighted by Gasteiger charge is -2.43. The third kappa shape index (κ3) is 3.23. The number of rotatable bonds is 3. The van der Waals surface area contributed by atoms with Crippen molar-refractivity contribution in [1.29, 1.82) is 0 Å². The van der Waals surface area contributed by atoms with Gasteiger partial charge in [0.15, 0.2) is 0 Å². The van der Waals surface area contributed by atoms with Crippen LogP contribution in [0.15, 0.2) is 12.1 Å². The van der Waals surface area contributed by atoms with E-state index >= 15 is 0 Å². The fraction of sp³-hybridized carbons (Fsp3) is 0.684. The zero-order valence-electron chi connectivity index (χ0n) is 14.3. The number of halogens is 1. The van der Waals surface area contributed by atoms with Gasteiger partial charge in [0.1, 0.15) is 5.75 Å². The highest BCUT2D eigenvalue weighted by Gasteiger charge is 2.40. The minimum absolute atomic E-state index is 0.105. The normalized spacial score (nSPS) is 26.7. The van der Waals surface area contributed by atoms with E-state index in [1.165, 1.54) is 29.5 Å². The van der Waals surface area contributed by atoms with Crippen molar-refractivity contribution >= 4 is 11.6 Å². The largest absolute Gasteiger partial charge is 0.496 e. The Labute approximate surface area is 135 Å². The van der Waals surface area contributed by atoms with Gasteiger partial charge in [0.05, 0.1) is 7.11 Å². The average molecular weight is 309 g/mol. The summed E-state index contributed by atoms with van der Waals surface area (Å²) in [5.74, 6) is 2.28. The minimum atomic E-state index is 0.105. The number of ether oxygens (including phenoxy) is 1. The third-order valence-electron chi connectivity index (χ3n) is 5.40. The zero-order valence-corrected chi connectivity index (χ0v) is 15.1. The summed E-state index contributed by atoms with van der Waals surface area (Å²) < 4.78 is 5.45. The number of aryl methyl sites for hydroxylation is 2. The van der Waals surface area contributed by atoms with Gasteiger partial charge in [-0.1, -0.05) is 33.3 Å². The van der Waals surface area contributed by atoms with E-state index in [1.807, 2.05) is 0 Å². The summed E-state index contributed by atoms with van der Waals surface area (Å²) in [6.45, 7) is 11.3. The van der Waals surface area contributed by atoms with Crippen LogP contribution in [-0.4, -0.2) is 12.5 Å². The van der Waals surface area contributed by atoms with Crippen LogP contribution in [0.5, 0.6) is 5.75 Å². The molecule has 0 amide bonds. The van der Waals surface area contributed by atoms with Crippen LogP contribution in [0.1, 0.15) is 56.7 Å². The lowest BCUT2D eigenvalue weighted by molar-refractivity contribution is 0.207. The maximum absolute atomic E-state index is 6.74. The molecule has 0 saturated heterocycles. The monoisotopic (exact) mass is 308 g/mol. The van der Waals surface area contributed by atoms with Gasteiger partial charge >= 0.3 is 0 Å². The quantitative estimate of drug-likeness (QED) is 0.657. The third-order valence-corrected chi connectivity index (χ3v) is 5.88. The molecule has 0 aliphatic heterocycles. The fourth-order valence-corrected chi connectivity index (χ4v) is 4.77. The van der Waals surface area contributed by atoms with Crippen LogP contribution in [0.4, 0.5) is 0 Å². The first-order valence-electron chi connectivity index (χ1n) is 8.07. The predicted molar refractivity (Wildman–Crippen MR) is 91.6 cm³/mol. The summed E-state index contributed by atoms with van der Waals surface area (Å²) in [6, 6.07) is 4.47. The first kappa shape index (κ1) is 16.7. The van der Waals surface area contributed by atoms with Crippen LogP contribution in [0.25, 0.3) is 0 Å². The molecule has 0 N–H and O–H groups in total. The summed E-state index contributed by atoms with van der Waals surface area (Å²) in [5.41, 5.74) is 4.05. The number of alkyl halides is 1. The van der Waals surface area contributed by atoms with Gasteiger partial charge in [-0.2, -0.15) is 0 Å². The summed E-state index contributed by atoms with van der Waals surface area (Å²) in [6.07, 6.45) is 3.67.